The van der Waals surface area contributed by atoms with Crippen LogP contribution in [0.3, 0.4) is 0 Å². The third-order valence-electron chi connectivity index (χ3n) is 2.97. The quantitative estimate of drug-likeness (QED) is 0.768. The zero-order valence-corrected chi connectivity index (χ0v) is 13.3. The average molecular weight is 372 g/mol. The number of nitrogens with zero attached hydrogens (tertiary/aromatic N) is 2. The van der Waals surface area contributed by atoms with Crippen molar-refractivity contribution in [3.63, 3.8) is 0 Å². The second kappa shape index (κ2) is 5.72. The Hall–Kier alpha value is -1.10. The summed E-state index contributed by atoms with van der Waals surface area (Å²) in [4.78, 5) is 8.49. The van der Waals surface area contributed by atoms with Gasteiger partial charge in [-0.2, -0.15) is 0 Å². The average Bonchev–Trinajstić information content (AvgIpc) is 2.89. The number of aliphatic imine (C=N–C) groups is 1. The van der Waals surface area contributed by atoms with Gasteiger partial charge in [-0.3, -0.25) is 4.98 Å². The number of rotatable bonds is 2. The zero-order valence-electron chi connectivity index (χ0n) is 10.2. The van der Waals surface area contributed by atoms with Gasteiger partial charge in [0.2, 0.25) is 5.90 Å². The number of aromatic nitrogens is 1. The van der Waals surface area contributed by atoms with Crippen molar-refractivity contribution in [3.8, 4) is 0 Å². The minimum absolute atomic E-state index is 0.0431. The van der Waals surface area contributed by atoms with Crippen LogP contribution in [-0.4, -0.2) is 17.5 Å². The molecule has 0 amide bonds. The Kier molecular flexibility index (Phi) is 3.96. The number of benzene rings is 1. The lowest BCUT2D eigenvalue weighted by Crippen LogP contribution is -2.03. The third-order valence-corrected chi connectivity index (χ3v) is 4.07. The summed E-state index contributed by atoms with van der Waals surface area (Å²) >= 11 is 15.6. The number of hydrogen-bond acceptors (Lipinski definition) is 3. The molecule has 1 aromatic heterocycles. The smallest absolute Gasteiger partial charge is 0.220 e. The Balaban J connectivity index is 1.94. The van der Waals surface area contributed by atoms with Gasteiger partial charge in [0.05, 0.1) is 15.6 Å². The van der Waals surface area contributed by atoms with Crippen molar-refractivity contribution in [1.29, 1.82) is 0 Å². The van der Waals surface area contributed by atoms with E-state index in [9.17, 15) is 0 Å². The first kappa shape index (κ1) is 13.9. The molecule has 1 unspecified atom stereocenters. The molecule has 0 spiro atoms. The number of hydrogen-bond donors (Lipinski definition) is 0. The maximum atomic E-state index is 6.11. The second-order valence-corrected chi connectivity index (χ2v) is 6.02. The van der Waals surface area contributed by atoms with Crippen molar-refractivity contribution in [2.24, 2.45) is 4.99 Å². The lowest BCUT2D eigenvalue weighted by atomic mass is 10.1. The molecule has 0 saturated carbocycles. The van der Waals surface area contributed by atoms with Crippen molar-refractivity contribution in [3.05, 3.63) is 62.3 Å². The van der Waals surface area contributed by atoms with Gasteiger partial charge in [0.15, 0.2) is 0 Å². The zero-order chi connectivity index (χ0) is 14.1. The van der Waals surface area contributed by atoms with Gasteiger partial charge in [-0.25, -0.2) is 4.99 Å². The van der Waals surface area contributed by atoms with Crippen LogP contribution in [-0.2, 0) is 4.74 Å². The van der Waals surface area contributed by atoms with Gasteiger partial charge in [-0.05, 0) is 17.7 Å². The SMILES string of the molecule is Clc1cncc(Cl)c1C1=NC(c2ccc(Br)cc2)CO1. The summed E-state index contributed by atoms with van der Waals surface area (Å²) in [5.74, 6) is 0.468. The van der Waals surface area contributed by atoms with Crippen LogP contribution < -0.4 is 0 Å². The van der Waals surface area contributed by atoms with Gasteiger partial charge in [-0.1, -0.05) is 51.3 Å². The van der Waals surface area contributed by atoms with Gasteiger partial charge in [-0.15, -0.1) is 0 Å². The molecule has 102 valence electrons. The third kappa shape index (κ3) is 2.68. The molecule has 0 saturated heterocycles. The summed E-state index contributed by atoms with van der Waals surface area (Å²) < 4.78 is 6.67. The van der Waals surface area contributed by atoms with Crippen LogP contribution in [0.5, 0.6) is 0 Å². The van der Waals surface area contributed by atoms with Crippen LogP contribution in [0, 0.1) is 0 Å². The normalized spacial score (nSPS) is 17.8. The summed E-state index contributed by atoms with van der Waals surface area (Å²) in [6, 6.07) is 7.95. The van der Waals surface area contributed by atoms with Crippen LogP contribution in [0.25, 0.3) is 0 Å². The highest BCUT2D eigenvalue weighted by atomic mass is 79.9. The minimum atomic E-state index is -0.0431. The molecule has 20 heavy (non-hydrogen) atoms. The summed E-state index contributed by atoms with van der Waals surface area (Å²) in [5.41, 5.74) is 1.69. The summed E-state index contributed by atoms with van der Waals surface area (Å²) in [7, 11) is 0. The molecule has 2 aromatic rings. The number of pyridine rings is 1. The van der Waals surface area contributed by atoms with Crippen LogP contribution >= 0.6 is 39.1 Å². The highest BCUT2D eigenvalue weighted by molar-refractivity contribution is 9.10. The van der Waals surface area contributed by atoms with E-state index in [1.807, 2.05) is 24.3 Å². The highest BCUT2D eigenvalue weighted by Gasteiger charge is 2.25. The maximum Gasteiger partial charge on any atom is 0.220 e. The fourth-order valence-electron chi connectivity index (χ4n) is 1.98. The lowest BCUT2D eigenvalue weighted by molar-refractivity contribution is 0.320. The highest BCUT2D eigenvalue weighted by Crippen LogP contribution is 2.31. The fourth-order valence-corrected chi connectivity index (χ4v) is 2.77. The molecular formula is C14H9BrCl2N2O. The van der Waals surface area contributed by atoms with Crippen LogP contribution in [0.4, 0.5) is 0 Å². The maximum absolute atomic E-state index is 6.11. The molecule has 1 atom stereocenters. The first-order chi connectivity index (χ1) is 9.65. The van der Waals surface area contributed by atoms with E-state index in [2.05, 4.69) is 25.9 Å². The summed E-state index contributed by atoms with van der Waals surface area (Å²) in [6.45, 7) is 0.478. The van der Waals surface area contributed by atoms with Crippen molar-refractivity contribution in [2.75, 3.05) is 6.61 Å². The van der Waals surface area contributed by atoms with Crippen molar-refractivity contribution >= 4 is 45.0 Å². The Bertz CT molecular complexity index is 653. The molecule has 0 N–H and O–H groups in total. The summed E-state index contributed by atoms with van der Waals surface area (Å²) in [6.07, 6.45) is 3.06. The van der Waals surface area contributed by atoms with Gasteiger partial charge in [0, 0.05) is 16.9 Å². The van der Waals surface area contributed by atoms with Crippen molar-refractivity contribution < 1.29 is 4.74 Å². The molecule has 1 aliphatic heterocycles. The summed E-state index contributed by atoms with van der Waals surface area (Å²) in [5, 5.41) is 0.875. The largest absolute Gasteiger partial charge is 0.475 e. The topological polar surface area (TPSA) is 34.5 Å². The molecule has 1 aromatic carbocycles. The van der Waals surface area contributed by atoms with E-state index >= 15 is 0 Å². The Morgan fingerprint density at radius 2 is 1.75 bits per heavy atom. The van der Waals surface area contributed by atoms with E-state index in [0.29, 0.717) is 28.1 Å². The van der Waals surface area contributed by atoms with Crippen LogP contribution in [0.2, 0.25) is 10.0 Å². The standard InChI is InChI=1S/C14H9BrCl2N2O/c15-9-3-1-8(2-4-9)12-7-20-14(19-12)13-10(16)5-18-6-11(13)17/h1-6,12H,7H2. The molecule has 0 radical (unpaired) electrons. The van der Waals surface area contributed by atoms with Crippen LogP contribution in [0.1, 0.15) is 17.2 Å². The number of halogens is 3. The lowest BCUT2D eigenvalue weighted by Gasteiger charge is -2.05. The fraction of sp³-hybridized carbons (Fsp3) is 0.143. The molecule has 0 fully saturated rings. The Morgan fingerprint density at radius 1 is 1.10 bits per heavy atom. The van der Waals surface area contributed by atoms with Gasteiger partial charge in [0.1, 0.15) is 12.6 Å². The molecule has 3 rings (SSSR count). The Labute approximate surface area is 134 Å². The minimum Gasteiger partial charge on any atom is -0.475 e. The van der Waals surface area contributed by atoms with Gasteiger partial charge in [0.25, 0.3) is 0 Å². The molecule has 2 heterocycles. The Morgan fingerprint density at radius 3 is 2.40 bits per heavy atom. The molecule has 0 aliphatic carbocycles. The molecule has 0 bridgehead atoms. The van der Waals surface area contributed by atoms with E-state index in [1.165, 1.54) is 12.4 Å². The van der Waals surface area contributed by atoms with Crippen molar-refractivity contribution in [2.45, 2.75) is 6.04 Å². The van der Waals surface area contributed by atoms with E-state index < -0.39 is 0 Å². The molecule has 1 aliphatic rings. The predicted molar refractivity (Wildman–Crippen MR) is 83.6 cm³/mol. The van der Waals surface area contributed by atoms with E-state index in [0.717, 1.165) is 10.0 Å². The van der Waals surface area contributed by atoms with Gasteiger partial charge < -0.3 is 4.74 Å². The van der Waals surface area contributed by atoms with E-state index in [1.54, 1.807) is 0 Å². The number of ether oxygens (including phenoxy) is 1. The molecule has 6 heteroatoms. The predicted octanol–water partition coefficient (Wildman–Crippen LogP) is 4.67. The monoisotopic (exact) mass is 370 g/mol. The van der Waals surface area contributed by atoms with E-state index in [-0.39, 0.29) is 6.04 Å². The molecular weight excluding hydrogens is 363 g/mol. The van der Waals surface area contributed by atoms with E-state index in [4.69, 9.17) is 27.9 Å². The second-order valence-electron chi connectivity index (χ2n) is 4.29. The molecule has 3 nitrogen and oxygen atoms in total. The van der Waals surface area contributed by atoms with Crippen molar-refractivity contribution in [1.82, 2.24) is 4.98 Å². The van der Waals surface area contributed by atoms with Crippen LogP contribution in [0.15, 0.2) is 46.1 Å². The van der Waals surface area contributed by atoms with Gasteiger partial charge >= 0.3 is 0 Å². The first-order valence-electron chi connectivity index (χ1n) is 5.90. The first-order valence-corrected chi connectivity index (χ1v) is 7.45.